The molecule has 1 fully saturated rings. The Balaban J connectivity index is 1.41. The second-order valence-electron chi connectivity index (χ2n) is 12.0. The number of carbonyl (C=O) groups is 2. The zero-order valence-corrected chi connectivity index (χ0v) is 25.4. The van der Waals surface area contributed by atoms with Gasteiger partial charge in [-0.25, -0.2) is 0 Å². The van der Waals surface area contributed by atoms with Crippen LogP contribution in [0.3, 0.4) is 0 Å². The minimum atomic E-state index is -0.922. The van der Waals surface area contributed by atoms with Crippen molar-refractivity contribution in [2.45, 2.75) is 64.5 Å². The molecule has 2 aliphatic rings. The molecule has 11 nitrogen and oxygen atoms in total. The normalized spacial score (nSPS) is 19.4. The van der Waals surface area contributed by atoms with Crippen molar-refractivity contribution in [3.63, 3.8) is 0 Å². The molecule has 3 aromatic rings. The van der Waals surface area contributed by atoms with E-state index in [1.807, 2.05) is 29.4 Å². The summed E-state index contributed by atoms with van der Waals surface area (Å²) in [6, 6.07) is 10.1. The monoisotopic (exact) mass is 605 g/mol. The highest BCUT2D eigenvalue weighted by molar-refractivity contribution is 5.88. The number of aromatic nitrogens is 1. The van der Waals surface area contributed by atoms with Crippen molar-refractivity contribution in [2.24, 2.45) is 11.8 Å². The van der Waals surface area contributed by atoms with Crippen LogP contribution in [0.1, 0.15) is 67.7 Å². The first-order chi connectivity index (χ1) is 21.0. The van der Waals surface area contributed by atoms with Crippen molar-refractivity contribution in [2.75, 3.05) is 20.2 Å². The van der Waals surface area contributed by atoms with E-state index in [1.165, 1.54) is 19.2 Å². The summed E-state index contributed by atoms with van der Waals surface area (Å²) >= 11 is 0. The molecule has 3 N–H and O–H groups in total. The number of piperidine rings is 1. The highest BCUT2D eigenvalue weighted by Gasteiger charge is 2.39. The quantitative estimate of drug-likeness (QED) is 0.336. The van der Waals surface area contributed by atoms with Crippen molar-refractivity contribution in [3.05, 3.63) is 85.8 Å². The van der Waals surface area contributed by atoms with Gasteiger partial charge < -0.3 is 34.2 Å². The number of ether oxygens (including phenoxy) is 1. The molecular formula is C33H39N3O8. The number of hydrogen-bond acceptors (Lipinski definition) is 8. The molecule has 2 aromatic heterocycles. The summed E-state index contributed by atoms with van der Waals surface area (Å²) in [5, 5.41) is 23.8. The number of hydrogen-bond donors (Lipinski definition) is 3. The average Bonchev–Trinajstić information content (AvgIpc) is 3.00. The lowest BCUT2D eigenvalue weighted by Gasteiger charge is -2.44. The van der Waals surface area contributed by atoms with Crippen LogP contribution in [-0.4, -0.2) is 57.7 Å². The van der Waals surface area contributed by atoms with Gasteiger partial charge in [-0.3, -0.25) is 19.2 Å². The molecule has 11 heteroatoms. The lowest BCUT2D eigenvalue weighted by atomic mass is 9.82. The standard InChI is InChI=1S/C33H39N3O8/c1-5-18(2)30(33(42)35-15-20-12-22(17-35)24-7-6-8-29(40)36(24)16-20)34-28(39)14-23(21-9-10-25(37)27(13-21)43-4)32-31(41)26(38)11-19(3)44-32/h6-11,13,18,20,22-23,30,37,41H,5,12,14-17H2,1-4H3,(H,34,39)/t18-,20+,22-,23+,30-/m0/s1. The Hall–Kier alpha value is -4.54. The number of aromatic hydroxyl groups is 2. The van der Waals surface area contributed by atoms with Crippen molar-refractivity contribution < 1.29 is 29.0 Å². The molecule has 2 aliphatic heterocycles. The second kappa shape index (κ2) is 12.6. The van der Waals surface area contributed by atoms with Crippen molar-refractivity contribution in [3.8, 4) is 17.2 Å². The molecule has 1 saturated heterocycles. The van der Waals surface area contributed by atoms with Crippen LogP contribution in [0.5, 0.6) is 17.2 Å². The summed E-state index contributed by atoms with van der Waals surface area (Å²) < 4.78 is 12.8. The van der Waals surface area contributed by atoms with Crippen LogP contribution in [0.2, 0.25) is 0 Å². The van der Waals surface area contributed by atoms with Crippen molar-refractivity contribution in [1.82, 2.24) is 14.8 Å². The number of phenols is 1. The maximum atomic E-state index is 14.0. The van der Waals surface area contributed by atoms with Gasteiger partial charge >= 0.3 is 0 Å². The Labute approximate surface area is 255 Å². The number of rotatable bonds is 9. The molecule has 1 aromatic carbocycles. The Morgan fingerprint density at radius 1 is 1.11 bits per heavy atom. The Bertz CT molecular complexity index is 1680. The number of likely N-dealkylation sites (tertiary alicyclic amines) is 1. The summed E-state index contributed by atoms with van der Waals surface area (Å²) in [6.07, 6.45) is 1.29. The number of nitrogens with one attached hydrogen (secondary N) is 1. The number of pyridine rings is 1. The Kier molecular flexibility index (Phi) is 8.85. The number of carbonyl (C=O) groups excluding carboxylic acids is 2. The molecule has 5 rings (SSSR count). The van der Waals surface area contributed by atoms with Crippen LogP contribution in [0.15, 0.2) is 56.5 Å². The maximum absolute atomic E-state index is 14.0. The van der Waals surface area contributed by atoms with Crippen LogP contribution in [0.25, 0.3) is 0 Å². The first-order valence-corrected chi connectivity index (χ1v) is 15.0. The van der Waals surface area contributed by atoms with Crippen LogP contribution >= 0.6 is 0 Å². The van der Waals surface area contributed by atoms with E-state index in [2.05, 4.69) is 5.32 Å². The summed E-state index contributed by atoms with van der Waals surface area (Å²) in [4.78, 5) is 54.5. The third-order valence-corrected chi connectivity index (χ3v) is 8.97. The zero-order valence-electron chi connectivity index (χ0n) is 25.4. The molecule has 2 amide bonds. The minimum Gasteiger partial charge on any atom is -0.504 e. The summed E-state index contributed by atoms with van der Waals surface area (Å²) in [7, 11) is 1.39. The molecule has 5 atom stereocenters. The average molecular weight is 606 g/mol. The fourth-order valence-corrected chi connectivity index (χ4v) is 6.51. The highest BCUT2D eigenvalue weighted by Crippen LogP contribution is 2.38. The molecule has 0 spiro atoms. The molecule has 0 aliphatic carbocycles. The van der Waals surface area contributed by atoms with Crippen molar-refractivity contribution in [1.29, 1.82) is 0 Å². The van der Waals surface area contributed by atoms with Crippen LogP contribution in [0.4, 0.5) is 0 Å². The summed E-state index contributed by atoms with van der Waals surface area (Å²) in [5.74, 6) is -2.00. The van der Waals surface area contributed by atoms with Gasteiger partial charge in [0.1, 0.15) is 11.8 Å². The Morgan fingerprint density at radius 3 is 2.61 bits per heavy atom. The lowest BCUT2D eigenvalue weighted by molar-refractivity contribution is -0.140. The molecule has 2 bridgehead atoms. The molecule has 0 unspecified atom stereocenters. The van der Waals surface area contributed by atoms with Gasteiger partial charge in [-0.2, -0.15) is 0 Å². The molecule has 0 radical (unpaired) electrons. The van der Waals surface area contributed by atoms with E-state index < -0.39 is 29.0 Å². The molecular weight excluding hydrogens is 566 g/mol. The predicted molar refractivity (Wildman–Crippen MR) is 162 cm³/mol. The fraction of sp³-hybridized carbons (Fsp3) is 0.455. The van der Waals surface area contributed by atoms with Gasteiger partial charge in [-0.1, -0.05) is 32.4 Å². The number of fused-ring (bicyclic) bond motifs is 4. The molecule has 234 valence electrons. The van der Waals surface area contributed by atoms with E-state index in [0.717, 1.165) is 18.2 Å². The van der Waals surface area contributed by atoms with E-state index >= 15 is 0 Å². The lowest BCUT2D eigenvalue weighted by Crippen LogP contribution is -2.56. The van der Waals surface area contributed by atoms with E-state index in [0.29, 0.717) is 31.6 Å². The van der Waals surface area contributed by atoms with Gasteiger partial charge in [0.05, 0.1) is 13.0 Å². The van der Waals surface area contributed by atoms with Gasteiger partial charge in [0.15, 0.2) is 17.3 Å². The van der Waals surface area contributed by atoms with Gasteiger partial charge in [0.2, 0.25) is 23.0 Å². The van der Waals surface area contributed by atoms with Crippen LogP contribution < -0.4 is 21.0 Å². The number of aryl methyl sites for hydroxylation is 1. The third-order valence-electron chi connectivity index (χ3n) is 8.97. The number of benzene rings is 1. The van der Waals surface area contributed by atoms with E-state index in [1.54, 1.807) is 25.1 Å². The SMILES string of the molecule is CC[C@H](C)[C@H](NC(=O)C[C@H](c1ccc(O)c(OC)c1)c1oc(C)cc(=O)c1O)C(=O)N1C[C@H]2C[C@@H](C1)c1cccc(=O)n1C2. The minimum absolute atomic E-state index is 0.0296. The smallest absolute Gasteiger partial charge is 0.250 e. The first-order valence-electron chi connectivity index (χ1n) is 15.0. The highest BCUT2D eigenvalue weighted by atomic mass is 16.5. The fourth-order valence-electron chi connectivity index (χ4n) is 6.51. The van der Waals surface area contributed by atoms with Gasteiger partial charge in [-0.15, -0.1) is 0 Å². The third kappa shape index (κ3) is 6.09. The van der Waals surface area contributed by atoms with E-state index in [4.69, 9.17) is 9.15 Å². The molecule has 44 heavy (non-hydrogen) atoms. The summed E-state index contributed by atoms with van der Waals surface area (Å²) in [6.45, 7) is 6.95. The maximum Gasteiger partial charge on any atom is 0.250 e. The van der Waals surface area contributed by atoms with Gasteiger partial charge in [0.25, 0.3) is 5.56 Å². The topological polar surface area (TPSA) is 151 Å². The van der Waals surface area contributed by atoms with Gasteiger partial charge in [-0.05, 0) is 48.9 Å². The Morgan fingerprint density at radius 2 is 1.89 bits per heavy atom. The number of amides is 2. The van der Waals surface area contributed by atoms with E-state index in [-0.39, 0.29) is 58.7 Å². The predicted octanol–water partition coefficient (Wildman–Crippen LogP) is 3.23. The van der Waals surface area contributed by atoms with Crippen LogP contribution in [0, 0.1) is 18.8 Å². The van der Waals surface area contributed by atoms with Crippen LogP contribution in [-0.2, 0) is 16.1 Å². The number of nitrogens with zero attached hydrogens (tertiary/aromatic N) is 2. The zero-order chi connectivity index (χ0) is 31.7. The van der Waals surface area contributed by atoms with Crippen molar-refractivity contribution >= 4 is 11.8 Å². The van der Waals surface area contributed by atoms with E-state index in [9.17, 15) is 29.4 Å². The number of methoxy groups -OCH3 is 1. The van der Waals surface area contributed by atoms with Gasteiger partial charge in [0, 0.05) is 49.8 Å². The molecule has 4 heterocycles. The first kappa shape index (κ1) is 30.9. The summed E-state index contributed by atoms with van der Waals surface area (Å²) in [5.41, 5.74) is 0.718. The number of phenolic OH excluding ortho intramolecular Hbond substituents is 1. The largest absolute Gasteiger partial charge is 0.504 e. The molecule has 0 saturated carbocycles. The second-order valence-corrected chi connectivity index (χ2v) is 12.0.